The number of nitrogens with zero attached hydrogens (tertiary/aromatic N) is 1. The molecule has 0 saturated heterocycles. The van der Waals surface area contributed by atoms with Crippen LogP contribution in [0.1, 0.15) is 38.5 Å². The number of rotatable bonds is 5. The molecule has 0 aromatic heterocycles. The van der Waals surface area contributed by atoms with Gasteiger partial charge in [-0.2, -0.15) is 0 Å². The first-order chi connectivity index (χ1) is 9.52. The molecule has 4 nitrogen and oxygen atoms in total. The number of methoxy groups -OCH3 is 1. The summed E-state index contributed by atoms with van der Waals surface area (Å²) in [6, 6.07) is 0. The third-order valence-electron chi connectivity index (χ3n) is 5.68. The van der Waals surface area contributed by atoms with Gasteiger partial charge >= 0.3 is 0 Å². The van der Waals surface area contributed by atoms with Gasteiger partial charge in [0.15, 0.2) is 0 Å². The first-order valence-corrected chi connectivity index (χ1v) is 7.95. The number of amides is 1. The molecule has 4 aliphatic carbocycles. The molecule has 4 fully saturated rings. The van der Waals surface area contributed by atoms with E-state index in [9.17, 15) is 9.90 Å². The van der Waals surface area contributed by atoms with Crippen molar-refractivity contribution in [3.05, 3.63) is 0 Å². The minimum atomic E-state index is -0.581. The molecule has 0 aromatic carbocycles. The molecule has 114 valence electrons. The van der Waals surface area contributed by atoms with Crippen molar-refractivity contribution in [3.8, 4) is 0 Å². The minimum Gasteiger partial charge on any atom is -0.389 e. The maximum absolute atomic E-state index is 12.9. The molecule has 1 N–H and O–H groups in total. The summed E-state index contributed by atoms with van der Waals surface area (Å²) < 4.78 is 4.95. The molecular weight excluding hydrogens is 254 g/mol. The highest BCUT2D eigenvalue weighted by Crippen LogP contribution is 2.60. The van der Waals surface area contributed by atoms with Crippen molar-refractivity contribution in [2.24, 2.45) is 23.2 Å². The first-order valence-electron chi connectivity index (χ1n) is 7.95. The van der Waals surface area contributed by atoms with Crippen LogP contribution in [-0.4, -0.2) is 49.3 Å². The van der Waals surface area contributed by atoms with E-state index in [0.717, 1.165) is 37.0 Å². The van der Waals surface area contributed by atoms with Crippen LogP contribution in [0, 0.1) is 23.2 Å². The lowest BCUT2D eigenvalue weighted by atomic mass is 9.49. The summed E-state index contributed by atoms with van der Waals surface area (Å²) in [5.41, 5.74) is -0.101. The quantitative estimate of drug-likeness (QED) is 0.834. The largest absolute Gasteiger partial charge is 0.389 e. The van der Waals surface area contributed by atoms with Crippen molar-refractivity contribution < 1.29 is 14.6 Å². The van der Waals surface area contributed by atoms with E-state index in [1.807, 2.05) is 7.05 Å². The average Bonchev–Trinajstić information content (AvgIpc) is 2.36. The van der Waals surface area contributed by atoms with Crippen LogP contribution < -0.4 is 0 Å². The summed E-state index contributed by atoms with van der Waals surface area (Å²) >= 11 is 0. The molecule has 0 spiro atoms. The molecule has 1 atom stereocenters. The Labute approximate surface area is 121 Å². The van der Waals surface area contributed by atoms with Crippen LogP contribution in [0.2, 0.25) is 0 Å². The molecule has 4 aliphatic rings. The molecule has 0 aromatic rings. The van der Waals surface area contributed by atoms with E-state index in [-0.39, 0.29) is 11.3 Å². The van der Waals surface area contributed by atoms with Crippen molar-refractivity contribution in [1.29, 1.82) is 0 Å². The van der Waals surface area contributed by atoms with Gasteiger partial charge in [-0.25, -0.2) is 0 Å². The van der Waals surface area contributed by atoms with Gasteiger partial charge in [0, 0.05) is 20.7 Å². The van der Waals surface area contributed by atoms with Crippen LogP contribution in [0.25, 0.3) is 0 Å². The standard InChI is InChI=1S/C16H27NO3/c1-17(9-14(18)10-20-2)15(19)16-6-11-3-12(7-16)5-13(4-11)8-16/h11-14,18H,3-10H2,1-2H3. The van der Waals surface area contributed by atoms with Gasteiger partial charge in [0.2, 0.25) is 5.91 Å². The Kier molecular flexibility index (Phi) is 3.80. The lowest BCUT2D eigenvalue weighted by Gasteiger charge is -2.56. The molecule has 1 unspecified atom stereocenters. The van der Waals surface area contributed by atoms with Crippen LogP contribution in [0.5, 0.6) is 0 Å². The highest BCUT2D eigenvalue weighted by atomic mass is 16.5. The number of carbonyl (C=O) groups is 1. The molecule has 4 bridgehead atoms. The Morgan fingerprint density at radius 1 is 1.25 bits per heavy atom. The van der Waals surface area contributed by atoms with Crippen LogP contribution in [-0.2, 0) is 9.53 Å². The summed E-state index contributed by atoms with van der Waals surface area (Å²) in [5.74, 6) is 2.61. The lowest BCUT2D eigenvalue weighted by molar-refractivity contribution is -0.157. The molecule has 0 aliphatic heterocycles. The van der Waals surface area contributed by atoms with E-state index in [1.54, 1.807) is 12.0 Å². The van der Waals surface area contributed by atoms with Gasteiger partial charge in [0.1, 0.15) is 0 Å². The van der Waals surface area contributed by atoms with Crippen molar-refractivity contribution in [3.63, 3.8) is 0 Å². The number of ether oxygens (including phenoxy) is 1. The van der Waals surface area contributed by atoms with Crippen LogP contribution in [0.3, 0.4) is 0 Å². The molecule has 0 heterocycles. The predicted molar refractivity (Wildman–Crippen MR) is 76.1 cm³/mol. The van der Waals surface area contributed by atoms with Crippen LogP contribution >= 0.6 is 0 Å². The Hall–Kier alpha value is -0.610. The summed E-state index contributed by atoms with van der Waals surface area (Å²) in [6.45, 7) is 0.674. The van der Waals surface area contributed by atoms with E-state index >= 15 is 0 Å². The summed E-state index contributed by atoms with van der Waals surface area (Å²) in [4.78, 5) is 14.7. The lowest BCUT2D eigenvalue weighted by Crippen LogP contribution is -2.54. The molecule has 4 rings (SSSR count). The van der Waals surface area contributed by atoms with E-state index in [1.165, 1.54) is 19.3 Å². The van der Waals surface area contributed by atoms with Gasteiger partial charge < -0.3 is 14.7 Å². The van der Waals surface area contributed by atoms with Crippen molar-refractivity contribution in [1.82, 2.24) is 4.90 Å². The summed E-state index contributed by atoms with van der Waals surface area (Å²) in [7, 11) is 3.41. The third-order valence-corrected chi connectivity index (χ3v) is 5.68. The Morgan fingerprint density at radius 2 is 1.75 bits per heavy atom. The fourth-order valence-corrected chi connectivity index (χ4v) is 5.42. The Balaban J connectivity index is 1.67. The van der Waals surface area contributed by atoms with Gasteiger partial charge in [0.25, 0.3) is 0 Å². The van der Waals surface area contributed by atoms with Crippen molar-refractivity contribution in [2.45, 2.75) is 44.6 Å². The first kappa shape index (κ1) is 14.3. The van der Waals surface area contributed by atoms with Crippen LogP contribution in [0.15, 0.2) is 0 Å². The van der Waals surface area contributed by atoms with Crippen LogP contribution in [0.4, 0.5) is 0 Å². The van der Waals surface area contributed by atoms with Gasteiger partial charge in [-0.05, 0) is 56.3 Å². The van der Waals surface area contributed by atoms with Gasteiger partial charge in [-0.3, -0.25) is 4.79 Å². The maximum atomic E-state index is 12.9. The number of aliphatic hydroxyl groups is 1. The monoisotopic (exact) mass is 281 g/mol. The molecule has 1 amide bonds. The minimum absolute atomic E-state index is 0.101. The number of hydrogen-bond acceptors (Lipinski definition) is 3. The third kappa shape index (κ3) is 2.48. The number of carbonyl (C=O) groups excluding carboxylic acids is 1. The highest BCUT2D eigenvalue weighted by molar-refractivity contribution is 5.83. The van der Waals surface area contributed by atoms with Gasteiger partial charge in [-0.1, -0.05) is 0 Å². The zero-order valence-electron chi connectivity index (χ0n) is 12.7. The van der Waals surface area contributed by atoms with E-state index in [4.69, 9.17) is 4.74 Å². The number of aliphatic hydroxyl groups excluding tert-OH is 1. The second-order valence-corrected chi connectivity index (χ2v) is 7.49. The smallest absolute Gasteiger partial charge is 0.228 e. The second kappa shape index (κ2) is 5.30. The van der Waals surface area contributed by atoms with E-state index < -0.39 is 6.10 Å². The van der Waals surface area contributed by atoms with Crippen molar-refractivity contribution >= 4 is 5.91 Å². The number of likely N-dealkylation sites (N-methyl/N-ethyl adjacent to an activating group) is 1. The van der Waals surface area contributed by atoms with E-state index in [2.05, 4.69) is 0 Å². The zero-order chi connectivity index (χ0) is 14.3. The fraction of sp³-hybridized carbons (Fsp3) is 0.938. The SMILES string of the molecule is COCC(O)CN(C)C(=O)C12CC3CC(CC(C3)C1)C2. The molecular formula is C16H27NO3. The number of hydrogen-bond donors (Lipinski definition) is 1. The molecule has 0 radical (unpaired) electrons. The molecule has 4 heteroatoms. The average molecular weight is 281 g/mol. The zero-order valence-corrected chi connectivity index (χ0v) is 12.7. The topological polar surface area (TPSA) is 49.8 Å². The van der Waals surface area contributed by atoms with Gasteiger partial charge in [0.05, 0.1) is 18.1 Å². The molecule has 20 heavy (non-hydrogen) atoms. The predicted octanol–water partition coefficient (Wildman–Crippen LogP) is 1.67. The summed E-state index contributed by atoms with van der Waals surface area (Å²) in [5, 5.41) is 9.83. The summed E-state index contributed by atoms with van der Waals surface area (Å²) in [6.07, 6.45) is 6.73. The van der Waals surface area contributed by atoms with Gasteiger partial charge in [-0.15, -0.1) is 0 Å². The molecule has 4 saturated carbocycles. The second-order valence-electron chi connectivity index (χ2n) is 7.49. The maximum Gasteiger partial charge on any atom is 0.228 e. The Bertz CT molecular complexity index is 347. The highest BCUT2D eigenvalue weighted by Gasteiger charge is 2.55. The van der Waals surface area contributed by atoms with E-state index in [0.29, 0.717) is 13.2 Å². The Morgan fingerprint density at radius 3 is 2.20 bits per heavy atom. The normalized spacial score (nSPS) is 39.9. The van der Waals surface area contributed by atoms with Crippen molar-refractivity contribution in [2.75, 3.05) is 27.3 Å². The fourth-order valence-electron chi connectivity index (χ4n) is 5.42.